The van der Waals surface area contributed by atoms with Crippen LogP contribution in [0.1, 0.15) is 0 Å². The second-order valence-corrected chi connectivity index (χ2v) is 1.72. The van der Waals surface area contributed by atoms with Crippen molar-refractivity contribution < 1.29 is 35.1 Å². The van der Waals surface area contributed by atoms with Gasteiger partial charge in [-0.15, -0.1) is 0 Å². The summed E-state index contributed by atoms with van der Waals surface area (Å²) in [6.45, 7) is 2.51. The lowest BCUT2D eigenvalue weighted by Gasteiger charge is -1.93. The van der Waals surface area contributed by atoms with E-state index in [1.54, 1.807) is 0 Å². The zero-order chi connectivity index (χ0) is 12.0. The Morgan fingerprint density at radius 3 is 1.14 bits per heavy atom. The van der Waals surface area contributed by atoms with Crippen LogP contribution in [0.15, 0.2) is 24.8 Å². The molecule has 14 heavy (non-hydrogen) atoms. The van der Waals surface area contributed by atoms with Crippen LogP contribution in [0.5, 0.6) is 0 Å². The van der Waals surface area contributed by atoms with E-state index in [2.05, 4.69) is 6.58 Å². The van der Waals surface area contributed by atoms with Gasteiger partial charge in [0.15, 0.2) is 0 Å². The summed E-state index contributed by atoms with van der Waals surface area (Å²) in [6.07, 6.45) is -12.9. The van der Waals surface area contributed by atoms with Crippen LogP contribution in [0.4, 0.5) is 35.1 Å². The van der Waals surface area contributed by atoms with Crippen LogP contribution in [0.2, 0.25) is 0 Å². The molecule has 0 N–H and O–H groups in total. The monoisotopic (exact) mass is 228 g/mol. The number of halogens is 8. The van der Waals surface area contributed by atoms with Gasteiger partial charge in [-0.1, -0.05) is 6.58 Å². The van der Waals surface area contributed by atoms with Crippen LogP contribution in [0.3, 0.4) is 0 Å². The van der Waals surface area contributed by atoms with Crippen molar-refractivity contribution in [2.24, 2.45) is 0 Å². The summed E-state index contributed by atoms with van der Waals surface area (Å²) in [6, 6.07) is 0. The molecule has 0 bridgehead atoms. The van der Waals surface area contributed by atoms with Crippen molar-refractivity contribution in [1.82, 2.24) is 0 Å². The zero-order valence-electron chi connectivity index (χ0n) is 6.39. The third-order valence-electron chi connectivity index (χ3n) is 0.504. The van der Waals surface area contributed by atoms with E-state index in [4.69, 9.17) is 0 Å². The van der Waals surface area contributed by atoms with Crippen molar-refractivity contribution in [3.8, 4) is 0 Å². The summed E-state index contributed by atoms with van der Waals surface area (Å²) >= 11 is 0. The van der Waals surface area contributed by atoms with Gasteiger partial charge in [0, 0.05) is 6.08 Å². The van der Waals surface area contributed by atoms with E-state index in [9.17, 15) is 35.1 Å². The predicted octanol–water partition coefficient (Wildman–Crippen LogP) is 4.06. The minimum atomic E-state index is -4.89. The van der Waals surface area contributed by atoms with E-state index < -0.39 is 24.5 Å². The van der Waals surface area contributed by atoms with Crippen molar-refractivity contribution in [3.05, 3.63) is 24.8 Å². The Morgan fingerprint density at radius 1 is 0.857 bits per heavy atom. The molecule has 84 valence electrons. The van der Waals surface area contributed by atoms with Gasteiger partial charge < -0.3 is 0 Å². The first-order valence-electron chi connectivity index (χ1n) is 2.79. The van der Waals surface area contributed by atoms with Crippen molar-refractivity contribution >= 4 is 0 Å². The molecule has 0 aliphatic carbocycles. The molecule has 0 atom stereocenters. The van der Waals surface area contributed by atoms with Gasteiger partial charge in [0.2, 0.25) is 0 Å². The smallest absolute Gasteiger partial charge is 0.173 e. The third kappa shape index (κ3) is 22.4. The number of alkyl halides is 6. The fourth-order valence-corrected chi connectivity index (χ4v) is 0.124. The van der Waals surface area contributed by atoms with E-state index in [-0.39, 0.29) is 6.08 Å². The summed E-state index contributed by atoms with van der Waals surface area (Å²) in [4.78, 5) is 0. The van der Waals surface area contributed by atoms with Gasteiger partial charge in [-0.05, 0) is 0 Å². The van der Waals surface area contributed by atoms with Crippen LogP contribution in [-0.4, -0.2) is 12.4 Å². The highest BCUT2D eigenvalue weighted by Gasteiger charge is 2.25. The molecule has 0 aliphatic heterocycles. The molecule has 0 amide bonds. The molecule has 8 heteroatoms. The topological polar surface area (TPSA) is 0 Å². The average Bonchev–Trinajstić information content (AvgIpc) is 1.81. The fourth-order valence-electron chi connectivity index (χ4n) is 0.124. The van der Waals surface area contributed by atoms with Gasteiger partial charge in [-0.2, -0.15) is 35.1 Å². The maximum atomic E-state index is 10.8. The number of rotatable bonds is 0. The summed E-state index contributed by atoms with van der Waals surface area (Å²) < 4.78 is 85.6. The number of allylic oxidation sites excluding steroid dienone is 2. The summed E-state index contributed by atoms with van der Waals surface area (Å²) in [5, 5.41) is 0. The largest absolute Gasteiger partial charge is 0.414 e. The van der Waals surface area contributed by atoms with Crippen molar-refractivity contribution in [2.75, 3.05) is 0 Å². The van der Waals surface area contributed by atoms with Crippen molar-refractivity contribution in [2.45, 2.75) is 12.4 Å². The second-order valence-electron chi connectivity index (χ2n) is 1.72. The summed E-state index contributed by atoms with van der Waals surface area (Å²) in [7, 11) is 0. The molecular formula is C6H4F8. The first-order valence-corrected chi connectivity index (χ1v) is 2.79. The Bertz CT molecular complexity index is 191. The maximum Gasteiger partial charge on any atom is 0.414 e. The molecule has 0 nitrogen and oxygen atoms in total. The lowest BCUT2D eigenvalue weighted by Crippen LogP contribution is -2.00. The van der Waals surface area contributed by atoms with Gasteiger partial charge in [-0.3, -0.25) is 0 Å². The van der Waals surface area contributed by atoms with Crippen LogP contribution >= 0.6 is 0 Å². The first kappa shape index (κ1) is 15.4. The molecule has 0 aliphatic rings. The van der Waals surface area contributed by atoms with Crippen LogP contribution in [0, 0.1) is 0 Å². The van der Waals surface area contributed by atoms with E-state index in [0.29, 0.717) is 0 Å². The van der Waals surface area contributed by atoms with E-state index in [1.807, 2.05) is 0 Å². The molecule has 0 aromatic rings. The van der Waals surface area contributed by atoms with E-state index in [0.717, 1.165) is 0 Å². The summed E-state index contributed by atoms with van der Waals surface area (Å²) in [5.41, 5.74) is 0. The standard InChI is InChI=1S/C3HF5.C3H3F3/c4-2(5)1-3(6,7)8;1-2-3(4,5)6/h1H;2H,1H2. The van der Waals surface area contributed by atoms with Crippen LogP contribution in [0.25, 0.3) is 0 Å². The molecule has 0 aromatic carbocycles. The highest BCUT2D eigenvalue weighted by molar-refractivity contribution is 4.87. The minimum Gasteiger partial charge on any atom is -0.173 e. The first-order chi connectivity index (χ1) is 5.98. The quantitative estimate of drug-likeness (QED) is 0.433. The van der Waals surface area contributed by atoms with Crippen LogP contribution in [-0.2, 0) is 0 Å². The second kappa shape index (κ2) is 5.61. The Labute approximate surface area is 73.5 Å². The highest BCUT2D eigenvalue weighted by Crippen LogP contribution is 2.19. The molecule has 0 saturated heterocycles. The van der Waals surface area contributed by atoms with E-state index >= 15 is 0 Å². The minimum absolute atomic E-state index is 0.0625. The molecule has 0 heterocycles. The average molecular weight is 228 g/mol. The number of hydrogen-bond donors (Lipinski definition) is 0. The maximum absolute atomic E-state index is 10.8. The predicted molar refractivity (Wildman–Crippen MR) is 32.6 cm³/mol. The van der Waals surface area contributed by atoms with Gasteiger partial charge in [0.25, 0.3) is 6.08 Å². The molecule has 0 spiro atoms. The van der Waals surface area contributed by atoms with Crippen molar-refractivity contribution in [3.63, 3.8) is 0 Å². The normalized spacial score (nSPS) is 11.1. The number of hydrogen-bond acceptors (Lipinski definition) is 0. The SMILES string of the molecule is C=CC(F)(F)F.FC(F)=CC(F)(F)F. The fraction of sp³-hybridized carbons (Fsp3) is 0.333. The lowest BCUT2D eigenvalue weighted by molar-refractivity contribution is -0.0829. The molecule has 0 saturated carbocycles. The van der Waals surface area contributed by atoms with Crippen LogP contribution < -0.4 is 0 Å². The molecule has 0 radical (unpaired) electrons. The molecule has 0 rings (SSSR count). The molecule has 0 aromatic heterocycles. The van der Waals surface area contributed by atoms with E-state index in [1.165, 1.54) is 0 Å². The van der Waals surface area contributed by atoms with Gasteiger partial charge >= 0.3 is 12.4 Å². The Morgan fingerprint density at radius 2 is 1.14 bits per heavy atom. The lowest BCUT2D eigenvalue weighted by atomic mass is 10.6. The van der Waals surface area contributed by atoms with Gasteiger partial charge in [0.1, 0.15) is 0 Å². The van der Waals surface area contributed by atoms with Crippen molar-refractivity contribution in [1.29, 1.82) is 0 Å². The molecule has 0 unspecified atom stereocenters. The highest BCUT2D eigenvalue weighted by atomic mass is 19.4. The van der Waals surface area contributed by atoms with Gasteiger partial charge in [0.05, 0.1) is 6.08 Å². The molecular weight excluding hydrogens is 224 g/mol. The molecule has 0 fully saturated rings. The Balaban J connectivity index is 0. The Kier molecular flexibility index (Phi) is 6.17. The zero-order valence-corrected chi connectivity index (χ0v) is 6.39. The third-order valence-corrected chi connectivity index (χ3v) is 0.504. The van der Waals surface area contributed by atoms with Gasteiger partial charge in [-0.25, -0.2) is 0 Å². The summed E-state index contributed by atoms with van der Waals surface area (Å²) in [5.74, 6) is 0. The Hall–Kier alpha value is -1.08.